The van der Waals surface area contributed by atoms with Gasteiger partial charge in [-0.15, -0.1) is 0 Å². The molecule has 0 aromatic rings. The first-order chi connectivity index (χ1) is 5.58. The molecule has 2 N–H and O–H groups in total. The lowest BCUT2D eigenvalue weighted by atomic mass is 9.68. The van der Waals surface area contributed by atoms with Crippen molar-refractivity contribution in [3.8, 4) is 0 Å². The van der Waals surface area contributed by atoms with E-state index in [4.69, 9.17) is 5.73 Å². The summed E-state index contributed by atoms with van der Waals surface area (Å²) in [5, 5.41) is 0. The first-order valence-corrected chi connectivity index (χ1v) is 5.37. The Balaban J connectivity index is 2.57. The van der Waals surface area contributed by atoms with Crippen LogP contribution in [0.5, 0.6) is 0 Å². The summed E-state index contributed by atoms with van der Waals surface area (Å²) in [5.74, 6) is 1.58. The summed E-state index contributed by atoms with van der Waals surface area (Å²) in [7, 11) is 0. The highest BCUT2D eigenvalue weighted by Crippen LogP contribution is 2.37. The molecule has 72 valence electrons. The van der Waals surface area contributed by atoms with Gasteiger partial charge in [0.25, 0.3) is 0 Å². The van der Waals surface area contributed by atoms with Crippen molar-refractivity contribution in [1.29, 1.82) is 0 Å². The zero-order chi connectivity index (χ0) is 9.19. The molecule has 1 aliphatic carbocycles. The molecular weight excluding hydrogens is 146 g/mol. The van der Waals surface area contributed by atoms with Gasteiger partial charge in [-0.3, -0.25) is 0 Å². The zero-order valence-corrected chi connectivity index (χ0v) is 8.77. The van der Waals surface area contributed by atoms with Crippen molar-refractivity contribution in [2.75, 3.05) is 0 Å². The minimum Gasteiger partial charge on any atom is -0.325 e. The third-order valence-corrected chi connectivity index (χ3v) is 3.52. The Morgan fingerprint density at radius 3 is 2.58 bits per heavy atom. The van der Waals surface area contributed by atoms with Crippen LogP contribution in [0.15, 0.2) is 0 Å². The van der Waals surface area contributed by atoms with Crippen LogP contribution in [0, 0.1) is 11.8 Å². The fourth-order valence-electron chi connectivity index (χ4n) is 2.59. The Hall–Kier alpha value is -0.0400. The van der Waals surface area contributed by atoms with E-state index in [2.05, 4.69) is 20.8 Å². The molecule has 1 aliphatic rings. The van der Waals surface area contributed by atoms with Gasteiger partial charge in [0.2, 0.25) is 0 Å². The average Bonchev–Trinajstić information content (AvgIpc) is 1.98. The molecular formula is C11H23N. The molecule has 1 nitrogen and oxygen atoms in total. The molecule has 1 saturated carbocycles. The van der Waals surface area contributed by atoms with E-state index in [0.29, 0.717) is 0 Å². The standard InChI is InChI=1S/C11H23N/c1-4-7-11(12)8-9(2)5-6-10(11)3/h9-10H,4-8,12H2,1-3H3. The zero-order valence-electron chi connectivity index (χ0n) is 8.77. The van der Waals surface area contributed by atoms with Crippen molar-refractivity contribution in [2.24, 2.45) is 17.6 Å². The topological polar surface area (TPSA) is 26.0 Å². The molecule has 1 fully saturated rings. The minimum atomic E-state index is 0.159. The quantitative estimate of drug-likeness (QED) is 0.675. The molecule has 0 spiro atoms. The predicted octanol–water partition coefficient (Wildman–Crippen LogP) is 2.94. The third kappa shape index (κ3) is 2.01. The summed E-state index contributed by atoms with van der Waals surface area (Å²) in [4.78, 5) is 0. The van der Waals surface area contributed by atoms with Gasteiger partial charge in [0.15, 0.2) is 0 Å². The summed E-state index contributed by atoms with van der Waals surface area (Å²) >= 11 is 0. The second kappa shape index (κ2) is 3.78. The van der Waals surface area contributed by atoms with E-state index in [-0.39, 0.29) is 5.54 Å². The Labute approximate surface area is 76.7 Å². The van der Waals surface area contributed by atoms with Crippen LogP contribution in [0.3, 0.4) is 0 Å². The first-order valence-electron chi connectivity index (χ1n) is 5.37. The maximum absolute atomic E-state index is 6.40. The molecule has 0 saturated heterocycles. The van der Waals surface area contributed by atoms with Gasteiger partial charge in [0, 0.05) is 5.54 Å². The van der Waals surface area contributed by atoms with Crippen molar-refractivity contribution < 1.29 is 0 Å². The van der Waals surface area contributed by atoms with Crippen molar-refractivity contribution in [3.63, 3.8) is 0 Å². The molecule has 0 aliphatic heterocycles. The van der Waals surface area contributed by atoms with Crippen LogP contribution < -0.4 is 5.73 Å². The van der Waals surface area contributed by atoms with Crippen molar-refractivity contribution in [3.05, 3.63) is 0 Å². The highest BCUT2D eigenvalue weighted by atomic mass is 14.8. The highest BCUT2D eigenvalue weighted by Gasteiger charge is 2.35. The van der Waals surface area contributed by atoms with Crippen LogP contribution in [0.4, 0.5) is 0 Å². The molecule has 3 atom stereocenters. The maximum atomic E-state index is 6.40. The van der Waals surface area contributed by atoms with Gasteiger partial charge in [0.1, 0.15) is 0 Å². The number of hydrogen-bond acceptors (Lipinski definition) is 1. The van der Waals surface area contributed by atoms with Gasteiger partial charge in [-0.25, -0.2) is 0 Å². The molecule has 0 bridgehead atoms. The molecule has 0 heterocycles. The SMILES string of the molecule is CCCC1(N)CC(C)CCC1C. The second-order valence-corrected chi connectivity index (χ2v) is 4.77. The maximum Gasteiger partial charge on any atom is 0.0182 e. The van der Waals surface area contributed by atoms with E-state index >= 15 is 0 Å². The van der Waals surface area contributed by atoms with E-state index in [9.17, 15) is 0 Å². The molecule has 1 rings (SSSR count). The lowest BCUT2D eigenvalue weighted by molar-refractivity contribution is 0.150. The van der Waals surface area contributed by atoms with Gasteiger partial charge in [-0.2, -0.15) is 0 Å². The van der Waals surface area contributed by atoms with Crippen molar-refractivity contribution >= 4 is 0 Å². The number of nitrogens with two attached hydrogens (primary N) is 1. The molecule has 0 aromatic heterocycles. The predicted molar refractivity (Wildman–Crippen MR) is 54.0 cm³/mol. The normalized spacial score (nSPS) is 43.0. The van der Waals surface area contributed by atoms with Crippen LogP contribution in [-0.2, 0) is 0 Å². The molecule has 0 amide bonds. The van der Waals surface area contributed by atoms with Crippen LogP contribution in [0.2, 0.25) is 0 Å². The van der Waals surface area contributed by atoms with Crippen molar-refractivity contribution in [2.45, 2.75) is 58.4 Å². The van der Waals surface area contributed by atoms with Gasteiger partial charge in [-0.05, 0) is 31.1 Å². The smallest absolute Gasteiger partial charge is 0.0182 e. The summed E-state index contributed by atoms with van der Waals surface area (Å²) in [5.41, 5.74) is 6.56. The highest BCUT2D eigenvalue weighted by molar-refractivity contribution is 4.93. The van der Waals surface area contributed by atoms with E-state index in [1.165, 1.54) is 32.1 Å². The Morgan fingerprint density at radius 1 is 1.33 bits per heavy atom. The minimum absolute atomic E-state index is 0.159. The second-order valence-electron chi connectivity index (χ2n) is 4.77. The number of hydrogen-bond donors (Lipinski definition) is 1. The van der Waals surface area contributed by atoms with Gasteiger partial charge >= 0.3 is 0 Å². The molecule has 12 heavy (non-hydrogen) atoms. The monoisotopic (exact) mass is 169 g/mol. The summed E-state index contributed by atoms with van der Waals surface area (Å²) < 4.78 is 0. The van der Waals surface area contributed by atoms with Crippen LogP contribution in [0.1, 0.15) is 52.9 Å². The Morgan fingerprint density at radius 2 is 2.00 bits per heavy atom. The lowest BCUT2D eigenvalue weighted by Gasteiger charge is -2.42. The molecule has 3 unspecified atom stereocenters. The fourth-order valence-corrected chi connectivity index (χ4v) is 2.59. The number of rotatable bonds is 2. The fraction of sp³-hybridized carbons (Fsp3) is 1.00. The first kappa shape index (κ1) is 10.0. The summed E-state index contributed by atoms with van der Waals surface area (Å²) in [6, 6.07) is 0. The van der Waals surface area contributed by atoms with E-state index < -0.39 is 0 Å². The molecule has 0 aromatic carbocycles. The van der Waals surface area contributed by atoms with Gasteiger partial charge < -0.3 is 5.73 Å². The van der Waals surface area contributed by atoms with Gasteiger partial charge in [0.05, 0.1) is 0 Å². The van der Waals surface area contributed by atoms with E-state index in [0.717, 1.165) is 11.8 Å². The molecule has 0 radical (unpaired) electrons. The van der Waals surface area contributed by atoms with E-state index in [1.807, 2.05) is 0 Å². The summed E-state index contributed by atoms with van der Waals surface area (Å²) in [6.07, 6.45) is 6.38. The Kier molecular flexibility index (Phi) is 3.16. The summed E-state index contributed by atoms with van der Waals surface area (Å²) in [6.45, 7) is 6.89. The Bertz CT molecular complexity index is 144. The third-order valence-electron chi connectivity index (χ3n) is 3.52. The van der Waals surface area contributed by atoms with Crippen LogP contribution in [-0.4, -0.2) is 5.54 Å². The molecule has 1 heteroatoms. The van der Waals surface area contributed by atoms with Crippen LogP contribution >= 0.6 is 0 Å². The van der Waals surface area contributed by atoms with E-state index in [1.54, 1.807) is 0 Å². The average molecular weight is 169 g/mol. The van der Waals surface area contributed by atoms with Crippen molar-refractivity contribution in [1.82, 2.24) is 0 Å². The van der Waals surface area contributed by atoms with Gasteiger partial charge in [-0.1, -0.05) is 33.6 Å². The lowest BCUT2D eigenvalue weighted by Crippen LogP contribution is -2.49. The van der Waals surface area contributed by atoms with Crippen LogP contribution in [0.25, 0.3) is 0 Å². The largest absolute Gasteiger partial charge is 0.325 e.